The first-order valence-corrected chi connectivity index (χ1v) is 13.4. The Morgan fingerprint density at radius 2 is 1.95 bits per heavy atom. The number of halogens is 5. The molecule has 0 saturated heterocycles. The summed E-state index contributed by atoms with van der Waals surface area (Å²) in [6.07, 6.45) is -1.46. The van der Waals surface area contributed by atoms with Crippen molar-refractivity contribution in [1.29, 1.82) is 0 Å². The summed E-state index contributed by atoms with van der Waals surface area (Å²) in [6, 6.07) is 6.72. The standard InChI is InChI=1S/C29H24F5N5O5/c1-2-10-42-16-7-8-17(19(12-16)29(32,33)34)21-13-24(44-38-21)26(28(41)43-11-4-9-40)39-15-23-22(14-35-39)36-27(37-23)18-5-3-6-20(30)25(18)31/h3,5-8,12-15,26,40H,2,4,9-11H2,1H3/p+1. The van der Waals surface area contributed by atoms with E-state index in [1.807, 2.05) is 6.92 Å². The maximum absolute atomic E-state index is 14.4. The van der Waals surface area contributed by atoms with Crippen LogP contribution in [0, 0.1) is 11.6 Å². The fraction of sp³-hybridized carbons (Fsp3) is 0.276. The number of benzene rings is 2. The fourth-order valence-electron chi connectivity index (χ4n) is 4.35. The van der Waals surface area contributed by atoms with Crippen LogP contribution in [0.5, 0.6) is 5.75 Å². The molecule has 0 saturated carbocycles. The number of hydrogen-bond donors (Lipinski definition) is 2. The molecule has 0 aliphatic heterocycles. The molecule has 5 aromatic rings. The number of imidazole rings is 1. The molecular weight excluding hydrogens is 593 g/mol. The number of aliphatic hydroxyl groups excluding tert-OH is 1. The monoisotopic (exact) mass is 618 g/mol. The van der Waals surface area contributed by atoms with Crippen LogP contribution in [0.25, 0.3) is 33.7 Å². The molecule has 5 rings (SSSR count). The first kappa shape index (κ1) is 30.5. The van der Waals surface area contributed by atoms with E-state index >= 15 is 0 Å². The molecule has 44 heavy (non-hydrogen) atoms. The Bertz CT molecular complexity index is 1790. The molecule has 0 spiro atoms. The average molecular weight is 619 g/mol. The largest absolute Gasteiger partial charge is 0.494 e. The van der Waals surface area contributed by atoms with E-state index in [9.17, 15) is 26.7 Å². The lowest BCUT2D eigenvalue weighted by atomic mass is 10.0. The number of nitrogens with one attached hydrogen (secondary N) is 1. The van der Waals surface area contributed by atoms with Crippen molar-refractivity contribution < 1.29 is 50.5 Å². The minimum Gasteiger partial charge on any atom is -0.494 e. The highest BCUT2D eigenvalue weighted by molar-refractivity contribution is 5.78. The third-order valence-corrected chi connectivity index (χ3v) is 6.42. The molecule has 2 N–H and O–H groups in total. The molecule has 0 bridgehead atoms. The third-order valence-electron chi connectivity index (χ3n) is 6.42. The Labute approximate surface area is 246 Å². The lowest BCUT2D eigenvalue weighted by Gasteiger charge is -2.13. The van der Waals surface area contributed by atoms with Gasteiger partial charge in [-0.15, -0.1) is 0 Å². The molecule has 10 nitrogen and oxygen atoms in total. The number of alkyl halides is 3. The van der Waals surface area contributed by atoms with Gasteiger partial charge in [0.2, 0.25) is 12.0 Å². The summed E-state index contributed by atoms with van der Waals surface area (Å²) in [5, 5.41) is 17.1. The minimum atomic E-state index is -4.76. The second-order valence-corrected chi connectivity index (χ2v) is 9.55. The van der Waals surface area contributed by atoms with Gasteiger partial charge in [0.05, 0.1) is 24.3 Å². The third kappa shape index (κ3) is 6.37. The number of esters is 1. The van der Waals surface area contributed by atoms with Crippen molar-refractivity contribution in [1.82, 2.24) is 20.2 Å². The van der Waals surface area contributed by atoms with Crippen molar-refractivity contribution in [3.8, 4) is 28.4 Å². The van der Waals surface area contributed by atoms with Gasteiger partial charge in [-0.25, -0.2) is 18.6 Å². The number of H-pyrrole nitrogens is 1. The molecule has 1 unspecified atom stereocenters. The number of aromatic amines is 1. The Balaban J connectivity index is 1.55. The van der Waals surface area contributed by atoms with E-state index in [0.29, 0.717) is 6.42 Å². The minimum absolute atomic E-state index is 0.00776. The predicted octanol–water partition coefficient (Wildman–Crippen LogP) is 5.17. The molecular formula is C29H25F5N5O5+. The van der Waals surface area contributed by atoms with E-state index in [1.165, 1.54) is 36.7 Å². The molecule has 230 valence electrons. The molecule has 3 heterocycles. The second-order valence-electron chi connectivity index (χ2n) is 9.55. The second kappa shape index (κ2) is 12.8. The summed E-state index contributed by atoms with van der Waals surface area (Å²) in [5.74, 6) is -3.28. The van der Waals surface area contributed by atoms with Crippen LogP contribution in [-0.4, -0.2) is 51.1 Å². The number of carbonyl (C=O) groups is 1. The molecule has 0 amide bonds. The summed E-state index contributed by atoms with van der Waals surface area (Å²) in [7, 11) is 0. The molecule has 0 radical (unpaired) electrons. The number of carbonyl (C=O) groups excluding carboxylic acids is 1. The van der Waals surface area contributed by atoms with Crippen molar-refractivity contribution in [2.24, 2.45) is 0 Å². The summed E-state index contributed by atoms with van der Waals surface area (Å²) in [4.78, 5) is 20.3. The summed E-state index contributed by atoms with van der Waals surface area (Å²) in [6.45, 7) is 1.63. The van der Waals surface area contributed by atoms with Gasteiger partial charge in [-0.3, -0.25) is 0 Å². The first-order chi connectivity index (χ1) is 21.1. The lowest BCUT2D eigenvalue weighted by molar-refractivity contribution is -0.758. The van der Waals surface area contributed by atoms with Gasteiger partial charge in [-0.2, -0.15) is 13.2 Å². The van der Waals surface area contributed by atoms with E-state index in [1.54, 1.807) is 0 Å². The number of fused-ring (bicyclic) bond motifs is 1. The van der Waals surface area contributed by atoms with Crippen LogP contribution < -0.4 is 9.42 Å². The molecule has 0 aliphatic rings. The van der Waals surface area contributed by atoms with Crippen molar-refractivity contribution in [3.05, 3.63) is 77.8 Å². The number of hydrogen-bond acceptors (Lipinski definition) is 8. The highest BCUT2D eigenvalue weighted by Gasteiger charge is 2.40. The summed E-state index contributed by atoms with van der Waals surface area (Å²) < 4.78 is 87.3. The zero-order chi connectivity index (χ0) is 31.4. The quantitative estimate of drug-likeness (QED) is 0.0899. The van der Waals surface area contributed by atoms with Crippen molar-refractivity contribution in [2.45, 2.75) is 32.0 Å². The molecule has 3 aromatic heterocycles. The Morgan fingerprint density at radius 1 is 1.14 bits per heavy atom. The maximum Gasteiger partial charge on any atom is 0.417 e. The van der Waals surface area contributed by atoms with Crippen LogP contribution in [-0.2, 0) is 15.7 Å². The number of ether oxygens (including phenoxy) is 2. The number of aromatic nitrogens is 5. The van der Waals surface area contributed by atoms with E-state index in [2.05, 4.69) is 20.2 Å². The number of rotatable bonds is 11. The van der Waals surface area contributed by atoms with Crippen LogP contribution >= 0.6 is 0 Å². The summed E-state index contributed by atoms with van der Waals surface area (Å²) in [5.41, 5.74) is -1.18. The van der Waals surface area contributed by atoms with Crippen LogP contribution in [0.3, 0.4) is 0 Å². The van der Waals surface area contributed by atoms with Crippen LogP contribution in [0.15, 0.2) is 59.4 Å². The van der Waals surface area contributed by atoms with Gasteiger partial charge in [-0.1, -0.05) is 22.8 Å². The molecule has 1 atom stereocenters. The van der Waals surface area contributed by atoms with Crippen LogP contribution in [0.2, 0.25) is 0 Å². The van der Waals surface area contributed by atoms with Crippen molar-refractivity contribution in [3.63, 3.8) is 0 Å². The molecule has 0 fully saturated rings. The molecule has 0 aliphatic carbocycles. The fourth-order valence-corrected chi connectivity index (χ4v) is 4.35. The molecule has 2 aromatic carbocycles. The zero-order valence-corrected chi connectivity index (χ0v) is 23.1. The Hall–Kier alpha value is -4.92. The van der Waals surface area contributed by atoms with Crippen molar-refractivity contribution >= 4 is 17.0 Å². The van der Waals surface area contributed by atoms with E-state index in [0.717, 1.165) is 22.9 Å². The number of aliphatic hydroxyl groups is 1. The SMILES string of the molecule is CCCOc1ccc(-c2cc(C(C(=O)OCCCO)[n+]3cc4[nH]c(-c5cccc(F)c5F)nc4cn3)on2)c(C(F)(F)F)c1. The van der Waals surface area contributed by atoms with Gasteiger partial charge in [0.1, 0.15) is 34.5 Å². The number of nitrogens with zero attached hydrogens (tertiary/aromatic N) is 4. The van der Waals surface area contributed by atoms with Crippen LogP contribution in [0.1, 0.15) is 37.1 Å². The van der Waals surface area contributed by atoms with Gasteiger partial charge in [0.25, 0.3) is 0 Å². The van der Waals surface area contributed by atoms with Crippen LogP contribution in [0.4, 0.5) is 22.0 Å². The Kier molecular flexibility index (Phi) is 8.85. The smallest absolute Gasteiger partial charge is 0.417 e. The van der Waals surface area contributed by atoms with Crippen molar-refractivity contribution in [2.75, 3.05) is 19.8 Å². The Morgan fingerprint density at radius 3 is 2.70 bits per heavy atom. The lowest BCUT2D eigenvalue weighted by Crippen LogP contribution is -2.48. The average Bonchev–Trinajstić information content (AvgIpc) is 3.65. The van der Waals surface area contributed by atoms with Gasteiger partial charge >= 0.3 is 18.2 Å². The predicted molar refractivity (Wildman–Crippen MR) is 143 cm³/mol. The van der Waals surface area contributed by atoms with E-state index < -0.39 is 35.4 Å². The maximum atomic E-state index is 14.4. The topological polar surface area (TPSA) is 127 Å². The highest BCUT2D eigenvalue weighted by Crippen LogP contribution is 2.39. The highest BCUT2D eigenvalue weighted by atomic mass is 19.4. The van der Waals surface area contributed by atoms with E-state index in [4.69, 9.17) is 19.1 Å². The van der Waals surface area contributed by atoms with Gasteiger partial charge in [0.15, 0.2) is 11.6 Å². The molecule has 15 heteroatoms. The van der Waals surface area contributed by atoms with Gasteiger partial charge < -0.3 is 24.1 Å². The van der Waals surface area contributed by atoms with E-state index in [-0.39, 0.29) is 71.4 Å². The van der Waals surface area contributed by atoms with Gasteiger partial charge in [-0.05, 0) is 41.9 Å². The normalized spacial score (nSPS) is 12.4. The zero-order valence-electron chi connectivity index (χ0n) is 23.1. The van der Waals surface area contributed by atoms with Gasteiger partial charge in [0, 0.05) is 24.7 Å². The first-order valence-electron chi connectivity index (χ1n) is 13.4. The summed E-state index contributed by atoms with van der Waals surface area (Å²) >= 11 is 0.